The molecule has 30 heavy (non-hydrogen) atoms. The molecule has 152 valence electrons. The van der Waals surface area contributed by atoms with Gasteiger partial charge in [-0.1, -0.05) is 12.1 Å². The van der Waals surface area contributed by atoms with Crippen molar-refractivity contribution >= 4 is 24.0 Å². The van der Waals surface area contributed by atoms with E-state index in [1.807, 2.05) is 6.07 Å². The molecule has 3 aromatic rings. The van der Waals surface area contributed by atoms with Crippen LogP contribution in [0.25, 0.3) is 0 Å². The number of amides is 2. The first-order chi connectivity index (χ1) is 14.5. The number of aromatic nitrogens is 2. The van der Waals surface area contributed by atoms with E-state index in [4.69, 9.17) is 16.6 Å². The van der Waals surface area contributed by atoms with Gasteiger partial charge in [0.15, 0.2) is 4.77 Å². The number of nitrogens with zero attached hydrogens (tertiary/aromatic N) is 2. The molecule has 2 aliphatic rings. The number of fused-ring (bicyclic) bond motifs is 2. The third-order valence-corrected chi connectivity index (χ3v) is 5.68. The van der Waals surface area contributed by atoms with E-state index in [-0.39, 0.29) is 23.9 Å². The zero-order valence-corrected chi connectivity index (χ0v) is 16.8. The summed E-state index contributed by atoms with van der Waals surface area (Å²) in [6, 6.07) is 10.4. The summed E-state index contributed by atoms with van der Waals surface area (Å²) in [5.74, 6) is 0.639. The Hall–Kier alpha value is -3.30. The number of carbonyl (C=O) groups is 2. The van der Waals surface area contributed by atoms with Gasteiger partial charge in [-0.05, 0) is 36.5 Å². The smallest absolute Gasteiger partial charge is 0.261 e. The lowest BCUT2D eigenvalue weighted by Gasteiger charge is -2.26. The molecule has 2 amide bonds. The number of H-pyrrole nitrogens is 2. The molecule has 9 heteroatoms. The highest BCUT2D eigenvalue weighted by Gasteiger charge is 2.35. The molecule has 0 fully saturated rings. The Labute approximate surface area is 176 Å². The molecular formula is C21H18N4O4S. The van der Waals surface area contributed by atoms with Crippen LogP contribution in [0.15, 0.2) is 45.6 Å². The number of hydrogen-bond donors (Lipinski definition) is 2. The molecule has 2 aliphatic heterocycles. The van der Waals surface area contributed by atoms with Crippen molar-refractivity contribution in [3.63, 3.8) is 0 Å². The molecule has 0 radical (unpaired) electrons. The Bertz CT molecular complexity index is 1250. The fourth-order valence-electron chi connectivity index (χ4n) is 4.00. The van der Waals surface area contributed by atoms with Gasteiger partial charge in [0.1, 0.15) is 11.5 Å². The first kappa shape index (κ1) is 18.7. The third kappa shape index (κ3) is 3.21. The van der Waals surface area contributed by atoms with Gasteiger partial charge < -0.3 is 9.40 Å². The van der Waals surface area contributed by atoms with Crippen molar-refractivity contribution in [1.29, 1.82) is 0 Å². The van der Waals surface area contributed by atoms with Crippen molar-refractivity contribution in [1.82, 2.24) is 19.8 Å². The molecule has 0 aliphatic carbocycles. The van der Waals surface area contributed by atoms with Crippen molar-refractivity contribution in [2.75, 3.05) is 6.54 Å². The summed E-state index contributed by atoms with van der Waals surface area (Å²) >= 11 is 5.03. The summed E-state index contributed by atoms with van der Waals surface area (Å²) in [6.07, 6.45) is 0.700. The van der Waals surface area contributed by atoms with Gasteiger partial charge in [-0.25, -0.2) is 0 Å². The summed E-state index contributed by atoms with van der Waals surface area (Å²) in [5, 5.41) is 0. The number of aromatic amines is 2. The molecule has 2 aromatic heterocycles. The Morgan fingerprint density at radius 2 is 1.60 bits per heavy atom. The lowest BCUT2D eigenvalue weighted by Crippen LogP contribution is -2.35. The van der Waals surface area contributed by atoms with Gasteiger partial charge in [0, 0.05) is 25.2 Å². The quantitative estimate of drug-likeness (QED) is 0.494. The number of imide groups is 1. The number of hydrogen-bond acceptors (Lipinski definition) is 6. The number of rotatable bonds is 4. The monoisotopic (exact) mass is 422 g/mol. The molecule has 0 spiro atoms. The van der Waals surface area contributed by atoms with E-state index in [0.717, 1.165) is 12.2 Å². The third-order valence-electron chi connectivity index (χ3n) is 5.48. The zero-order valence-electron chi connectivity index (χ0n) is 15.9. The lowest BCUT2D eigenvalue weighted by molar-refractivity contribution is 0.0630. The summed E-state index contributed by atoms with van der Waals surface area (Å²) < 4.78 is 6.23. The second-order valence-electron chi connectivity index (χ2n) is 7.44. The van der Waals surface area contributed by atoms with Crippen LogP contribution < -0.4 is 5.56 Å². The number of nitrogens with one attached hydrogen (secondary N) is 2. The van der Waals surface area contributed by atoms with Gasteiger partial charge in [0.25, 0.3) is 17.4 Å². The Morgan fingerprint density at radius 3 is 2.30 bits per heavy atom. The standard InChI is InChI=1S/C21H18N4O4S/c26-18-16-11-24(8-7-17(16)22-21(30)23-18)9-12-5-6-13(29-12)10-25-19(27)14-3-1-2-4-15(14)20(25)28/h1-6H,7-11H2,(H2,22,23,26,30). The first-order valence-corrected chi connectivity index (χ1v) is 10.00. The largest absolute Gasteiger partial charge is 0.463 e. The van der Waals surface area contributed by atoms with Crippen LogP contribution in [0.4, 0.5) is 0 Å². The fourth-order valence-corrected chi connectivity index (χ4v) is 4.21. The van der Waals surface area contributed by atoms with Gasteiger partial charge in [-0.15, -0.1) is 0 Å². The normalized spacial score (nSPS) is 16.1. The lowest BCUT2D eigenvalue weighted by atomic mass is 10.1. The molecule has 0 bridgehead atoms. The van der Waals surface area contributed by atoms with Crippen LogP contribution in [0.3, 0.4) is 0 Å². The van der Waals surface area contributed by atoms with Crippen molar-refractivity contribution in [2.24, 2.45) is 0 Å². The molecule has 0 atom stereocenters. The summed E-state index contributed by atoms with van der Waals surface area (Å²) in [4.78, 5) is 46.2. The topological polar surface area (TPSA) is 102 Å². The molecule has 4 heterocycles. The van der Waals surface area contributed by atoms with E-state index in [2.05, 4.69) is 14.9 Å². The van der Waals surface area contributed by atoms with Crippen molar-refractivity contribution in [3.8, 4) is 0 Å². The SMILES string of the molecule is O=C1c2ccccc2C(=O)N1Cc1ccc(CN2CCc3[nH]c(=S)[nH]c(=O)c3C2)o1. The van der Waals surface area contributed by atoms with E-state index < -0.39 is 0 Å². The minimum absolute atomic E-state index is 0.0887. The van der Waals surface area contributed by atoms with E-state index in [0.29, 0.717) is 52.5 Å². The van der Waals surface area contributed by atoms with Crippen molar-refractivity contribution in [2.45, 2.75) is 26.1 Å². The molecule has 0 unspecified atom stereocenters. The number of furan rings is 1. The Kier molecular flexibility index (Phi) is 4.48. The van der Waals surface area contributed by atoms with Crippen molar-refractivity contribution in [3.05, 3.63) is 85.4 Å². The van der Waals surface area contributed by atoms with Crippen LogP contribution in [0.2, 0.25) is 0 Å². The molecule has 0 saturated heterocycles. The summed E-state index contributed by atoms with van der Waals surface area (Å²) in [5.41, 5.74) is 2.25. The molecule has 1 aromatic carbocycles. The van der Waals surface area contributed by atoms with Crippen LogP contribution in [0.1, 0.15) is 43.5 Å². The van der Waals surface area contributed by atoms with E-state index in [1.54, 1.807) is 30.3 Å². The second-order valence-corrected chi connectivity index (χ2v) is 7.84. The minimum Gasteiger partial charge on any atom is -0.463 e. The highest BCUT2D eigenvalue weighted by atomic mass is 32.1. The van der Waals surface area contributed by atoms with E-state index in [1.165, 1.54) is 4.90 Å². The summed E-state index contributed by atoms with van der Waals surface area (Å²) in [7, 11) is 0. The Morgan fingerprint density at radius 1 is 0.933 bits per heavy atom. The first-order valence-electron chi connectivity index (χ1n) is 9.59. The Balaban J connectivity index is 1.28. The van der Waals surface area contributed by atoms with E-state index in [9.17, 15) is 14.4 Å². The van der Waals surface area contributed by atoms with Crippen LogP contribution in [-0.2, 0) is 26.1 Å². The summed E-state index contributed by atoms with van der Waals surface area (Å²) in [6.45, 7) is 1.86. The van der Waals surface area contributed by atoms with Crippen LogP contribution in [-0.4, -0.2) is 38.1 Å². The van der Waals surface area contributed by atoms with Gasteiger partial charge >= 0.3 is 0 Å². The predicted molar refractivity (Wildman–Crippen MR) is 109 cm³/mol. The number of benzene rings is 1. The molecule has 8 nitrogen and oxygen atoms in total. The van der Waals surface area contributed by atoms with Crippen LogP contribution >= 0.6 is 12.2 Å². The van der Waals surface area contributed by atoms with E-state index >= 15 is 0 Å². The molecule has 2 N–H and O–H groups in total. The second kappa shape index (κ2) is 7.19. The van der Waals surface area contributed by atoms with Gasteiger partial charge in [-0.2, -0.15) is 0 Å². The number of carbonyl (C=O) groups excluding carboxylic acids is 2. The van der Waals surface area contributed by atoms with Crippen molar-refractivity contribution < 1.29 is 14.0 Å². The van der Waals surface area contributed by atoms with Gasteiger partial charge in [0.05, 0.1) is 29.8 Å². The molecule has 5 rings (SSSR count). The molecular weight excluding hydrogens is 404 g/mol. The van der Waals surface area contributed by atoms with Gasteiger partial charge in [-0.3, -0.25) is 29.2 Å². The zero-order chi connectivity index (χ0) is 20.8. The van der Waals surface area contributed by atoms with Crippen LogP contribution in [0, 0.1) is 4.77 Å². The predicted octanol–water partition coefficient (Wildman–Crippen LogP) is 2.38. The average Bonchev–Trinajstić information content (AvgIpc) is 3.27. The minimum atomic E-state index is -0.308. The average molecular weight is 422 g/mol. The fraction of sp³-hybridized carbons (Fsp3) is 0.238. The highest BCUT2D eigenvalue weighted by Crippen LogP contribution is 2.25. The maximum Gasteiger partial charge on any atom is 0.261 e. The maximum atomic E-state index is 12.5. The van der Waals surface area contributed by atoms with Crippen LogP contribution in [0.5, 0.6) is 0 Å². The maximum absolute atomic E-state index is 12.5. The molecule has 0 saturated carbocycles. The van der Waals surface area contributed by atoms with Gasteiger partial charge in [0.2, 0.25) is 0 Å². The highest BCUT2D eigenvalue weighted by molar-refractivity contribution is 7.71.